The third-order valence-corrected chi connectivity index (χ3v) is 2.11. The van der Waals surface area contributed by atoms with Crippen molar-refractivity contribution in [1.29, 1.82) is 0 Å². The summed E-state index contributed by atoms with van der Waals surface area (Å²) in [5, 5.41) is 0. The standard InChI is InChI=1S/C10H14BrNO.ClH/c1-7(2)13-10-5-9(11)4-3-8(10)6-12;/h3-5,7H,6,12H2,1-2H3;1H. The Labute approximate surface area is 99.4 Å². The molecule has 4 heteroatoms. The molecule has 0 saturated carbocycles. The van der Waals surface area contributed by atoms with E-state index in [-0.39, 0.29) is 18.5 Å². The fourth-order valence-corrected chi connectivity index (χ4v) is 1.40. The average molecular weight is 281 g/mol. The van der Waals surface area contributed by atoms with Crippen molar-refractivity contribution in [2.75, 3.05) is 0 Å². The van der Waals surface area contributed by atoms with E-state index in [0.717, 1.165) is 15.8 Å². The first-order chi connectivity index (χ1) is 6.13. The molecule has 1 rings (SSSR count). The van der Waals surface area contributed by atoms with Gasteiger partial charge in [-0.2, -0.15) is 0 Å². The van der Waals surface area contributed by atoms with Crippen LogP contribution in [0.4, 0.5) is 0 Å². The Bertz CT molecular complexity index is 291. The smallest absolute Gasteiger partial charge is 0.125 e. The second-order valence-electron chi connectivity index (χ2n) is 3.12. The normalized spacial score (nSPS) is 9.79. The molecule has 0 radical (unpaired) electrons. The van der Waals surface area contributed by atoms with E-state index in [1.807, 2.05) is 32.0 Å². The maximum Gasteiger partial charge on any atom is 0.125 e. The van der Waals surface area contributed by atoms with Crippen LogP contribution in [0.3, 0.4) is 0 Å². The van der Waals surface area contributed by atoms with Gasteiger partial charge in [-0.15, -0.1) is 12.4 Å². The Balaban J connectivity index is 0.00000169. The van der Waals surface area contributed by atoms with Crippen LogP contribution in [0.15, 0.2) is 22.7 Å². The molecule has 1 aromatic carbocycles. The predicted octanol–water partition coefficient (Wildman–Crippen LogP) is 3.12. The van der Waals surface area contributed by atoms with E-state index in [4.69, 9.17) is 10.5 Å². The van der Waals surface area contributed by atoms with Gasteiger partial charge in [0.15, 0.2) is 0 Å². The second kappa shape index (κ2) is 6.27. The first kappa shape index (κ1) is 13.8. The molecule has 0 atom stereocenters. The fraction of sp³-hybridized carbons (Fsp3) is 0.400. The van der Waals surface area contributed by atoms with Gasteiger partial charge < -0.3 is 10.5 Å². The quantitative estimate of drug-likeness (QED) is 0.923. The molecule has 0 aliphatic carbocycles. The Hall–Kier alpha value is -0.250. The summed E-state index contributed by atoms with van der Waals surface area (Å²) >= 11 is 3.39. The summed E-state index contributed by atoms with van der Waals surface area (Å²) in [7, 11) is 0. The molecule has 2 N–H and O–H groups in total. The second-order valence-corrected chi connectivity index (χ2v) is 4.04. The van der Waals surface area contributed by atoms with E-state index in [1.165, 1.54) is 0 Å². The van der Waals surface area contributed by atoms with Crippen LogP contribution in [-0.4, -0.2) is 6.10 Å². The zero-order valence-electron chi connectivity index (χ0n) is 8.29. The number of benzene rings is 1. The van der Waals surface area contributed by atoms with Gasteiger partial charge in [0.2, 0.25) is 0 Å². The predicted molar refractivity (Wildman–Crippen MR) is 65.0 cm³/mol. The maximum atomic E-state index is 5.61. The van der Waals surface area contributed by atoms with Crippen molar-refractivity contribution in [3.05, 3.63) is 28.2 Å². The first-order valence-electron chi connectivity index (χ1n) is 4.28. The molecule has 1 aromatic rings. The van der Waals surface area contributed by atoms with Crippen molar-refractivity contribution < 1.29 is 4.74 Å². The largest absolute Gasteiger partial charge is 0.491 e. The van der Waals surface area contributed by atoms with Crippen LogP contribution in [0.25, 0.3) is 0 Å². The van der Waals surface area contributed by atoms with E-state index >= 15 is 0 Å². The highest BCUT2D eigenvalue weighted by Crippen LogP contribution is 2.24. The Morgan fingerprint density at radius 3 is 2.57 bits per heavy atom. The monoisotopic (exact) mass is 279 g/mol. The summed E-state index contributed by atoms with van der Waals surface area (Å²) in [6.07, 6.45) is 0.180. The molecule has 14 heavy (non-hydrogen) atoms. The number of ether oxygens (including phenoxy) is 1. The van der Waals surface area contributed by atoms with Crippen LogP contribution >= 0.6 is 28.3 Å². The summed E-state index contributed by atoms with van der Waals surface area (Å²) in [4.78, 5) is 0. The van der Waals surface area contributed by atoms with Crippen molar-refractivity contribution in [3.63, 3.8) is 0 Å². The molecule has 0 fully saturated rings. The average Bonchev–Trinajstić information content (AvgIpc) is 2.03. The number of rotatable bonds is 3. The van der Waals surface area contributed by atoms with E-state index in [1.54, 1.807) is 0 Å². The van der Waals surface area contributed by atoms with Crippen LogP contribution in [0.5, 0.6) is 5.75 Å². The molecular formula is C10H15BrClNO. The Morgan fingerprint density at radius 2 is 2.07 bits per heavy atom. The summed E-state index contributed by atoms with van der Waals surface area (Å²) in [5.41, 5.74) is 6.62. The number of nitrogens with two attached hydrogens (primary N) is 1. The molecule has 0 aliphatic heterocycles. The topological polar surface area (TPSA) is 35.2 Å². The number of hydrogen-bond donors (Lipinski definition) is 1. The molecule has 2 nitrogen and oxygen atoms in total. The zero-order valence-corrected chi connectivity index (χ0v) is 10.7. The molecule has 0 aromatic heterocycles. The van der Waals surface area contributed by atoms with Crippen molar-refractivity contribution in [2.45, 2.75) is 26.5 Å². The minimum Gasteiger partial charge on any atom is -0.491 e. The van der Waals surface area contributed by atoms with Gasteiger partial charge in [-0.3, -0.25) is 0 Å². The van der Waals surface area contributed by atoms with Crippen molar-refractivity contribution in [3.8, 4) is 5.75 Å². The van der Waals surface area contributed by atoms with Crippen LogP contribution in [0.1, 0.15) is 19.4 Å². The minimum absolute atomic E-state index is 0. The van der Waals surface area contributed by atoms with E-state index in [0.29, 0.717) is 6.54 Å². The Morgan fingerprint density at radius 1 is 1.43 bits per heavy atom. The number of hydrogen-bond acceptors (Lipinski definition) is 2. The maximum absolute atomic E-state index is 5.61. The highest BCUT2D eigenvalue weighted by molar-refractivity contribution is 9.10. The first-order valence-corrected chi connectivity index (χ1v) is 5.08. The highest BCUT2D eigenvalue weighted by Gasteiger charge is 2.04. The lowest BCUT2D eigenvalue weighted by Gasteiger charge is -2.13. The zero-order chi connectivity index (χ0) is 9.84. The third kappa shape index (κ3) is 3.86. The van der Waals surface area contributed by atoms with Gasteiger partial charge in [0.05, 0.1) is 6.10 Å². The van der Waals surface area contributed by atoms with Crippen LogP contribution < -0.4 is 10.5 Å². The van der Waals surface area contributed by atoms with Gasteiger partial charge in [0, 0.05) is 16.6 Å². The van der Waals surface area contributed by atoms with Crippen LogP contribution in [0, 0.1) is 0 Å². The SMILES string of the molecule is CC(C)Oc1cc(Br)ccc1CN.Cl. The van der Waals surface area contributed by atoms with E-state index in [2.05, 4.69) is 15.9 Å². The summed E-state index contributed by atoms with van der Waals surface area (Å²) in [6.45, 7) is 4.51. The molecule has 0 heterocycles. The molecule has 0 amide bonds. The Kier molecular flexibility index (Phi) is 6.16. The lowest BCUT2D eigenvalue weighted by molar-refractivity contribution is 0.240. The molecule has 80 valence electrons. The lowest BCUT2D eigenvalue weighted by Crippen LogP contribution is -2.09. The van der Waals surface area contributed by atoms with Gasteiger partial charge in [0.1, 0.15) is 5.75 Å². The molecule has 0 saturated heterocycles. The molecular weight excluding hydrogens is 265 g/mol. The van der Waals surface area contributed by atoms with Crippen LogP contribution in [-0.2, 0) is 6.54 Å². The minimum atomic E-state index is 0. The van der Waals surface area contributed by atoms with E-state index < -0.39 is 0 Å². The van der Waals surface area contributed by atoms with Gasteiger partial charge in [-0.1, -0.05) is 22.0 Å². The highest BCUT2D eigenvalue weighted by atomic mass is 79.9. The molecule has 0 aliphatic rings. The number of halogens is 2. The van der Waals surface area contributed by atoms with Crippen molar-refractivity contribution in [1.82, 2.24) is 0 Å². The summed E-state index contributed by atoms with van der Waals surface area (Å²) in [5.74, 6) is 0.867. The van der Waals surface area contributed by atoms with Gasteiger partial charge in [-0.25, -0.2) is 0 Å². The van der Waals surface area contributed by atoms with Gasteiger partial charge >= 0.3 is 0 Å². The molecule has 0 bridgehead atoms. The third-order valence-electron chi connectivity index (χ3n) is 1.61. The van der Waals surface area contributed by atoms with E-state index in [9.17, 15) is 0 Å². The fourth-order valence-electron chi connectivity index (χ4n) is 1.06. The van der Waals surface area contributed by atoms with Crippen molar-refractivity contribution >= 4 is 28.3 Å². The lowest BCUT2D eigenvalue weighted by atomic mass is 10.2. The molecule has 0 spiro atoms. The van der Waals surface area contributed by atoms with Gasteiger partial charge in [0.25, 0.3) is 0 Å². The summed E-state index contributed by atoms with van der Waals surface area (Å²) < 4.78 is 6.62. The van der Waals surface area contributed by atoms with Crippen molar-refractivity contribution in [2.24, 2.45) is 5.73 Å². The summed E-state index contributed by atoms with van der Waals surface area (Å²) in [6, 6.07) is 5.89. The molecule has 0 unspecified atom stereocenters. The van der Waals surface area contributed by atoms with Crippen LogP contribution in [0.2, 0.25) is 0 Å². The van der Waals surface area contributed by atoms with Gasteiger partial charge in [-0.05, 0) is 26.0 Å².